The molecular formula is C15H34N2O8. The highest BCUT2D eigenvalue weighted by molar-refractivity contribution is 4.84. The van der Waals surface area contributed by atoms with Gasteiger partial charge in [0.1, 0.15) is 18.3 Å². The van der Waals surface area contributed by atoms with Gasteiger partial charge in [0.05, 0.1) is 24.9 Å². The van der Waals surface area contributed by atoms with Crippen molar-refractivity contribution in [2.75, 3.05) is 39.4 Å². The van der Waals surface area contributed by atoms with Gasteiger partial charge in [0.15, 0.2) is 0 Å². The Balaban J connectivity index is 4.72. The highest BCUT2D eigenvalue weighted by atomic mass is 16.4. The Kier molecular flexibility index (Phi) is 12.7. The average molecular weight is 370 g/mol. The van der Waals surface area contributed by atoms with Crippen LogP contribution < -0.4 is 5.73 Å². The van der Waals surface area contributed by atoms with Crippen molar-refractivity contribution in [1.82, 2.24) is 4.90 Å². The van der Waals surface area contributed by atoms with E-state index in [4.69, 9.17) is 15.9 Å². The van der Waals surface area contributed by atoms with Gasteiger partial charge >= 0.3 is 0 Å². The average Bonchev–Trinajstić information content (AvgIpc) is 2.59. The first-order valence-corrected chi connectivity index (χ1v) is 8.42. The van der Waals surface area contributed by atoms with Crippen LogP contribution in [-0.2, 0) is 0 Å². The first kappa shape index (κ1) is 24.6. The first-order valence-electron chi connectivity index (χ1n) is 8.42. The molecule has 0 saturated carbocycles. The summed E-state index contributed by atoms with van der Waals surface area (Å²) in [7, 11) is 0. The summed E-state index contributed by atoms with van der Waals surface area (Å²) in [5, 5.41) is 76.5. The molecule has 0 aromatic carbocycles. The van der Waals surface area contributed by atoms with Crippen LogP contribution >= 0.6 is 0 Å². The summed E-state index contributed by atoms with van der Waals surface area (Å²) in [6.45, 7) is 1.04. The Labute approximate surface area is 147 Å². The van der Waals surface area contributed by atoms with Gasteiger partial charge in [-0.2, -0.15) is 0 Å². The van der Waals surface area contributed by atoms with E-state index in [1.54, 1.807) is 11.8 Å². The molecule has 7 atom stereocenters. The number of rotatable bonds is 14. The molecule has 0 rings (SSSR count). The summed E-state index contributed by atoms with van der Waals surface area (Å²) < 4.78 is 0. The van der Waals surface area contributed by atoms with Crippen LogP contribution in [0, 0.1) is 5.92 Å². The van der Waals surface area contributed by atoms with E-state index in [0.717, 1.165) is 0 Å². The van der Waals surface area contributed by atoms with E-state index in [-0.39, 0.29) is 39.2 Å². The van der Waals surface area contributed by atoms with E-state index in [2.05, 4.69) is 0 Å². The van der Waals surface area contributed by atoms with E-state index in [0.29, 0.717) is 0 Å². The Morgan fingerprint density at radius 1 is 0.800 bits per heavy atom. The molecule has 152 valence electrons. The summed E-state index contributed by atoms with van der Waals surface area (Å²) in [6.07, 6.45) is -8.20. The Hall–Kier alpha value is -0.400. The SMILES string of the molecule is C[C@@H]([C@H](O)CCO)[C@@H](O)CN(CCN)C[C@H](O)[C@@H](O)[C@H](O)[C@H](O)CO. The molecule has 0 aliphatic carbocycles. The van der Waals surface area contributed by atoms with Crippen LogP contribution in [0.5, 0.6) is 0 Å². The predicted octanol–water partition coefficient (Wildman–Crippen LogP) is -4.58. The molecule has 0 aromatic heterocycles. The van der Waals surface area contributed by atoms with Crippen molar-refractivity contribution in [3.8, 4) is 0 Å². The van der Waals surface area contributed by atoms with Crippen LogP contribution in [0.25, 0.3) is 0 Å². The molecule has 0 aromatic rings. The fourth-order valence-electron chi connectivity index (χ4n) is 2.46. The van der Waals surface area contributed by atoms with Gasteiger partial charge in [-0.25, -0.2) is 0 Å². The minimum absolute atomic E-state index is 0.0449. The number of hydrogen-bond acceptors (Lipinski definition) is 10. The van der Waals surface area contributed by atoms with Gasteiger partial charge in [-0.3, -0.25) is 4.90 Å². The van der Waals surface area contributed by atoms with Crippen molar-refractivity contribution in [3.63, 3.8) is 0 Å². The zero-order valence-electron chi connectivity index (χ0n) is 14.6. The van der Waals surface area contributed by atoms with Crippen LogP contribution in [-0.4, -0.2) is 122 Å². The van der Waals surface area contributed by atoms with Crippen LogP contribution in [0.2, 0.25) is 0 Å². The third-order valence-corrected chi connectivity index (χ3v) is 4.30. The number of nitrogens with two attached hydrogens (primary N) is 1. The normalized spacial score (nSPS) is 20.8. The maximum absolute atomic E-state index is 10.2. The summed E-state index contributed by atoms with van der Waals surface area (Å²) in [5.74, 6) is -0.531. The lowest BCUT2D eigenvalue weighted by molar-refractivity contribution is -0.121. The monoisotopic (exact) mass is 370 g/mol. The standard InChI is InChI=1S/C15H34N2O8/c1-9(10(20)2-5-18)11(21)6-17(4-3-16)7-12(22)14(24)15(25)13(23)8-19/h9-15,18-25H,2-8,16H2,1H3/t9-,10+,11-,12-,13+,14+,15+/m0/s1. The number of aliphatic hydroxyl groups excluding tert-OH is 8. The molecule has 0 fully saturated rings. The van der Waals surface area contributed by atoms with Crippen molar-refractivity contribution >= 4 is 0 Å². The van der Waals surface area contributed by atoms with E-state index in [1.165, 1.54) is 0 Å². The van der Waals surface area contributed by atoms with E-state index in [9.17, 15) is 30.6 Å². The molecule has 0 unspecified atom stereocenters. The molecule has 10 heteroatoms. The first-order chi connectivity index (χ1) is 11.7. The third kappa shape index (κ3) is 8.69. The van der Waals surface area contributed by atoms with Crippen LogP contribution in [0.4, 0.5) is 0 Å². The topological polar surface area (TPSA) is 191 Å². The summed E-state index contributed by atoms with van der Waals surface area (Å²) in [4.78, 5) is 1.55. The summed E-state index contributed by atoms with van der Waals surface area (Å²) in [5.41, 5.74) is 5.50. The van der Waals surface area contributed by atoms with E-state index >= 15 is 0 Å². The molecule has 0 bridgehead atoms. The maximum atomic E-state index is 10.2. The zero-order valence-corrected chi connectivity index (χ0v) is 14.6. The van der Waals surface area contributed by atoms with Gasteiger partial charge < -0.3 is 46.6 Å². The van der Waals surface area contributed by atoms with E-state index in [1.807, 2.05) is 0 Å². The van der Waals surface area contributed by atoms with Gasteiger partial charge in [0, 0.05) is 38.7 Å². The minimum atomic E-state index is -1.73. The van der Waals surface area contributed by atoms with Crippen molar-refractivity contribution in [2.45, 2.75) is 50.0 Å². The second-order valence-corrected chi connectivity index (χ2v) is 6.35. The van der Waals surface area contributed by atoms with Crippen molar-refractivity contribution in [1.29, 1.82) is 0 Å². The lowest BCUT2D eigenvalue weighted by atomic mass is 9.95. The molecule has 10 nitrogen and oxygen atoms in total. The molecule has 0 spiro atoms. The predicted molar refractivity (Wildman–Crippen MR) is 89.5 cm³/mol. The van der Waals surface area contributed by atoms with E-state index < -0.39 is 49.1 Å². The highest BCUT2D eigenvalue weighted by Gasteiger charge is 2.32. The van der Waals surface area contributed by atoms with Gasteiger partial charge in [0.2, 0.25) is 0 Å². The maximum Gasteiger partial charge on any atom is 0.111 e. The Bertz CT molecular complexity index is 339. The molecule has 0 aliphatic rings. The van der Waals surface area contributed by atoms with Crippen LogP contribution in [0.1, 0.15) is 13.3 Å². The molecular weight excluding hydrogens is 336 g/mol. The number of hydrogen-bond donors (Lipinski definition) is 9. The number of nitrogens with zero attached hydrogens (tertiary/aromatic N) is 1. The van der Waals surface area contributed by atoms with Gasteiger partial charge in [-0.15, -0.1) is 0 Å². The molecule has 25 heavy (non-hydrogen) atoms. The Morgan fingerprint density at radius 3 is 1.80 bits per heavy atom. The molecule has 0 heterocycles. The molecule has 0 aliphatic heterocycles. The van der Waals surface area contributed by atoms with Gasteiger partial charge in [0.25, 0.3) is 0 Å². The molecule has 0 amide bonds. The molecule has 10 N–H and O–H groups in total. The number of aliphatic hydroxyl groups is 8. The smallest absolute Gasteiger partial charge is 0.111 e. The summed E-state index contributed by atoms with van der Waals surface area (Å²) in [6, 6.07) is 0. The van der Waals surface area contributed by atoms with Crippen molar-refractivity contribution in [2.24, 2.45) is 11.7 Å². The quantitative estimate of drug-likeness (QED) is 0.144. The lowest BCUT2D eigenvalue weighted by Crippen LogP contribution is -2.51. The second-order valence-electron chi connectivity index (χ2n) is 6.35. The largest absolute Gasteiger partial charge is 0.396 e. The Morgan fingerprint density at radius 2 is 1.32 bits per heavy atom. The fourth-order valence-corrected chi connectivity index (χ4v) is 2.46. The van der Waals surface area contributed by atoms with Gasteiger partial charge in [-0.05, 0) is 6.42 Å². The second kappa shape index (κ2) is 12.9. The highest BCUT2D eigenvalue weighted by Crippen LogP contribution is 2.14. The van der Waals surface area contributed by atoms with Crippen molar-refractivity contribution < 1.29 is 40.9 Å². The van der Waals surface area contributed by atoms with Crippen LogP contribution in [0.15, 0.2) is 0 Å². The molecule has 0 saturated heterocycles. The summed E-state index contributed by atoms with van der Waals surface area (Å²) >= 11 is 0. The van der Waals surface area contributed by atoms with Gasteiger partial charge in [-0.1, -0.05) is 6.92 Å². The molecule has 0 radical (unpaired) electrons. The van der Waals surface area contributed by atoms with Crippen LogP contribution in [0.3, 0.4) is 0 Å². The zero-order chi connectivity index (χ0) is 19.6. The fraction of sp³-hybridized carbons (Fsp3) is 1.00. The minimum Gasteiger partial charge on any atom is -0.396 e. The van der Waals surface area contributed by atoms with Crippen molar-refractivity contribution in [3.05, 3.63) is 0 Å². The third-order valence-electron chi connectivity index (χ3n) is 4.30. The lowest BCUT2D eigenvalue weighted by Gasteiger charge is -2.33.